The van der Waals surface area contributed by atoms with Gasteiger partial charge in [-0.2, -0.15) is 0 Å². The van der Waals surface area contributed by atoms with Crippen molar-refractivity contribution in [2.24, 2.45) is 0 Å². The van der Waals surface area contributed by atoms with Crippen LogP contribution in [0, 0.1) is 0 Å². The number of furan rings is 1. The third-order valence-electron chi connectivity index (χ3n) is 7.89. The van der Waals surface area contributed by atoms with Gasteiger partial charge in [-0.15, -0.1) is 0 Å². The van der Waals surface area contributed by atoms with Crippen molar-refractivity contribution in [3.8, 4) is 34.0 Å². The number of nitrogens with zero attached hydrogens (tertiary/aromatic N) is 3. The molecule has 0 saturated heterocycles. The standard InChI is InChI=1S/C37H21N3O2/c1-3-9-23(10-4-1)32-33(39-30-14-8-7-13-29(30)38-32)25-16-15-22-17-18-26-27-19-20-31-34(36(27)42-35(26)28(22)21-25)40-37(41-31)24-11-5-2-6-12-24/h1-21H. The maximum absolute atomic E-state index is 6.65. The summed E-state index contributed by atoms with van der Waals surface area (Å²) >= 11 is 0. The van der Waals surface area contributed by atoms with Crippen LogP contribution in [0.1, 0.15) is 0 Å². The zero-order valence-corrected chi connectivity index (χ0v) is 22.3. The third kappa shape index (κ3) is 3.47. The largest absolute Gasteiger partial charge is 0.453 e. The van der Waals surface area contributed by atoms with Crippen molar-refractivity contribution >= 4 is 54.8 Å². The molecule has 5 heteroatoms. The molecule has 0 amide bonds. The SMILES string of the molecule is c1ccc(-c2nc3c(ccc4c5ccc6ccc(-c7nc8ccccc8nc7-c7ccccc7)cc6c5oc43)o2)cc1. The van der Waals surface area contributed by atoms with Crippen LogP contribution < -0.4 is 0 Å². The molecule has 0 radical (unpaired) electrons. The van der Waals surface area contributed by atoms with E-state index < -0.39 is 0 Å². The molecule has 42 heavy (non-hydrogen) atoms. The van der Waals surface area contributed by atoms with E-state index in [-0.39, 0.29) is 0 Å². The molecule has 9 aromatic rings. The second-order valence-electron chi connectivity index (χ2n) is 10.4. The Hall–Kier alpha value is -5.81. The minimum Gasteiger partial charge on any atom is -0.453 e. The molecule has 9 rings (SSSR count). The molecule has 0 unspecified atom stereocenters. The first-order valence-corrected chi connectivity index (χ1v) is 13.9. The molecule has 196 valence electrons. The van der Waals surface area contributed by atoms with Crippen molar-refractivity contribution in [3.05, 3.63) is 127 Å². The number of rotatable bonds is 3. The van der Waals surface area contributed by atoms with Gasteiger partial charge >= 0.3 is 0 Å². The quantitative estimate of drug-likeness (QED) is 0.224. The Labute approximate surface area is 239 Å². The Morgan fingerprint density at radius 3 is 1.81 bits per heavy atom. The number of hydrogen-bond acceptors (Lipinski definition) is 5. The molecule has 3 heterocycles. The lowest BCUT2D eigenvalue weighted by Gasteiger charge is -2.11. The van der Waals surface area contributed by atoms with Gasteiger partial charge in [0.2, 0.25) is 5.89 Å². The number of benzene rings is 6. The summed E-state index contributed by atoms with van der Waals surface area (Å²) in [5.74, 6) is 0.578. The van der Waals surface area contributed by atoms with Crippen LogP contribution in [0.15, 0.2) is 136 Å². The van der Waals surface area contributed by atoms with Crippen molar-refractivity contribution < 1.29 is 8.83 Å². The van der Waals surface area contributed by atoms with E-state index in [0.717, 1.165) is 77.3 Å². The van der Waals surface area contributed by atoms with Gasteiger partial charge in [0.25, 0.3) is 0 Å². The van der Waals surface area contributed by atoms with Gasteiger partial charge in [0.15, 0.2) is 16.7 Å². The summed E-state index contributed by atoms with van der Waals surface area (Å²) in [4.78, 5) is 15.0. The molecule has 0 aliphatic rings. The molecule has 6 aromatic carbocycles. The Balaban J connectivity index is 1.29. The monoisotopic (exact) mass is 539 g/mol. The van der Waals surface area contributed by atoms with Gasteiger partial charge in [0, 0.05) is 32.8 Å². The van der Waals surface area contributed by atoms with Gasteiger partial charge in [-0.05, 0) is 53.9 Å². The molecule has 0 aliphatic carbocycles. The highest BCUT2D eigenvalue weighted by Crippen LogP contribution is 2.40. The van der Waals surface area contributed by atoms with Crippen LogP contribution in [0.5, 0.6) is 0 Å². The van der Waals surface area contributed by atoms with E-state index in [4.69, 9.17) is 23.8 Å². The van der Waals surface area contributed by atoms with Crippen LogP contribution in [0.2, 0.25) is 0 Å². The Morgan fingerprint density at radius 1 is 0.429 bits per heavy atom. The summed E-state index contributed by atoms with van der Waals surface area (Å²) < 4.78 is 12.8. The van der Waals surface area contributed by atoms with Crippen LogP contribution in [-0.4, -0.2) is 15.0 Å². The normalized spacial score (nSPS) is 11.8. The summed E-state index contributed by atoms with van der Waals surface area (Å²) in [6, 6.07) is 42.9. The minimum atomic E-state index is 0.578. The second kappa shape index (κ2) is 8.85. The third-order valence-corrected chi connectivity index (χ3v) is 7.89. The molecule has 0 atom stereocenters. The first-order chi connectivity index (χ1) is 20.8. The number of oxazole rings is 1. The van der Waals surface area contributed by atoms with E-state index >= 15 is 0 Å². The fourth-order valence-corrected chi connectivity index (χ4v) is 5.85. The van der Waals surface area contributed by atoms with Gasteiger partial charge in [-0.25, -0.2) is 15.0 Å². The van der Waals surface area contributed by atoms with Gasteiger partial charge in [0.1, 0.15) is 5.58 Å². The summed E-state index contributed by atoms with van der Waals surface area (Å²) in [5.41, 5.74) is 9.30. The van der Waals surface area contributed by atoms with E-state index in [1.165, 1.54) is 0 Å². The average molecular weight is 540 g/mol. The van der Waals surface area contributed by atoms with Crippen LogP contribution in [-0.2, 0) is 0 Å². The Kier molecular flexibility index (Phi) is 4.83. The highest BCUT2D eigenvalue weighted by atomic mass is 16.4. The lowest BCUT2D eigenvalue weighted by molar-refractivity contribution is 0.620. The van der Waals surface area contributed by atoms with Crippen molar-refractivity contribution in [1.29, 1.82) is 0 Å². The Morgan fingerprint density at radius 2 is 1.05 bits per heavy atom. The molecular weight excluding hydrogens is 518 g/mol. The number of hydrogen-bond donors (Lipinski definition) is 0. The van der Waals surface area contributed by atoms with Gasteiger partial charge in [-0.1, -0.05) is 78.9 Å². The lowest BCUT2D eigenvalue weighted by Crippen LogP contribution is -1.95. The summed E-state index contributed by atoms with van der Waals surface area (Å²) in [7, 11) is 0. The van der Waals surface area contributed by atoms with Gasteiger partial charge < -0.3 is 8.83 Å². The van der Waals surface area contributed by atoms with E-state index in [1.54, 1.807) is 0 Å². The predicted octanol–water partition coefficient (Wildman–Crippen LogP) is 9.82. The van der Waals surface area contributed by atoms with Crippen molar-refractivity contribution in [2.45, 2.75) is 0 Å². The van der Waals surface area contributed by atoms with E-state index in [0.29, 0.717) is 11.5 Å². The summed E-state index contributed by atoms with van der Waals surface area (Å²) in [5, 5.41) is 4.14. The van der Waals surface area contributed by atoms with Gasteiger partial charge in [-0.3, -0.25) is 0 Å². The van der Waals surface area contributed by atoms with Crippen LogP contribution >= 0.6 is 0 Å². The molecule has 0 aliphatic heterocycles. The molecule has 0 saturated carbocycles. The molecular formula is C37H21N3O2. The zero-order valence-electron chi connectivity index (χ0n) is 22.3. The molecule has 0 fully saturated rings. The topological polar surface area (TPSA) is 65.0 Å². The van der Waals surface area contributed by atoms with E-state index in [9.17, 15) is 0 Å². The molecule has 5 nitrogen and oxygen atoms in total. The van der Waals surface area contributed by atoms with Crippen molar-refractivity contribution in [2.75, 3.05) is 0 Å². The van der Waals surface area contributed by atoms with Crippen LogP contribution in [0.3, 0.4) is 0 Å². The Bertz CT molecular complexity index is 2460. The minimum absolute atomic E-state index is 0.578. The molecule has 0 bridgehead atoms. The highest BCUT2D eigenvalue weighted by molar-refractivity contribution is 6.19. The first kappa shape index (κ1) is 22.9. The van der Waals surface area contributed by atoms with Crippen LogP contribution in [0.4, 0.5) is 0 Å². The summed E-state index contributed by atoms with van der Waals surface area (Å²) in [6.07, 6.45) is 0. The van der Waals surface area contributed by atoms with Crippen molar-refractivity contribution in [1.82, 2.24) is 15.0 Å². The maximum Gasteiger partial charge on any atom is 0.227 e. The number of para-hydroxylation sites is 2. The van der Waals surface area contributed by atoms with E-state index in [2.05, 4.69) is 48.5 Å². The van der Waals surface area contributed by atoms with Gasteiger partial charge in [0.05, 0.1) is 22.4 Å². The molecule has 0 spiro atoms. The molecule has 3 aromatic heterocycles. The first-order valence-electron chi connectivity index (χ1n) is 13.9. The molecule has 0 N–H and O–H groups in total. The zero-order chi connectivity index (χ0) is 27.6. The number of aromatic nitrogens is 3. The van der Waals surface area contributed by atoms with E-state index in [1.807, 2.05) is 78.9 Å². The fourth-order valence-electron chi connectivity index (χ4n) is 5.85. The maximum atomic E-state index is 6.65. The second-order valence-corrected chi connectivity index (χ2v) is 10.4. The predicted molar refractivity (Wildman–Crippen MR) is 168 cm³/mol. The smallest absolute Gasteiger partial charge is 0.227 e. The van der Waals surface area contributed by atoms with Crippen molar-refractivity contribution in [3.63, 3.8) is 0 Å². The average Bonchev–Trinajstić information content (AvgIpc) is 3.67. The lowest BCUT2D eigenvalue weighted by atomic mass is 9.99. The van der Waals surface area contributed by atoms with Crippen LogP contribution in [0.25, 0.3) is 88.8 Å². The fraction of sp³-hybridized carbons (Fsp3) is 0. The summed E-state index contributed by atoms with van der Waals surface area (Å²) in [6.45, 7) is 0. The number of fused-ring (bicyclic) bond motifs is 8. The highest BCUT2D eigenvalue weighted by Gasteiger charge is 2.19.